The van der Waals surface area contributed by atoms with E-state index in [9.17, 15) is 8.42 Å². The molecule has 0 N–H and O–H groups in total. The quantitative estimate of drug-likeness (QED) is 0.474. The Morgan fingerprint density at radius 1 is 1.33 bits per heavy atom. The summed E-state index contributed by atoms with van der Waals surface area (Å²) in [4.78, 5) is 0. The molecule has 3 nitrogen and oxygen atoms in total. The lowest BCUT2D eigenvalue weighted by Crippen LogP contribution is -2.04. The standard InChI is InChI=1S/C7H16O3S2/c1-3-11-7-5-4-6-10-12(2,8)9/h3-7H2,1-2H3. The fourth-order valence-electron chi connectivity index (χ4n) is 0.661. The number of hydrogen-bond donors (Lipinski definition) is 0. The van der Waals surface area contributed by atoms with Gasteiger partial charge in [0.2, 0.25) is 0 Å². The predicted octanol–water partition coefficient (Wildman–Crippen LogP) is 1.50. The number of rotatable bonds is 7. The summed E-state index contributed by atoms with van der Waals surface area (Å²) in [5.41, 5.74) is 0. The maximum Gasteiger partial charge on any atom is 0.264 e. The first-order chi connectivity index (χ1) is 5.56. The van der Waals surface area contributed by atoms with Crippen molar-refractivity contribution >= 4 is 21.9 Å². The van der Waals surface area contributed by atoms with Crippen LogP contribution in [-0.2, 0) is 14.3 Å². The average molecular weight is 212 g/mol. The zero-order valence-corrected chi connectivity index (χ0v) is 9.21. The minimum atomic E-state index is -3.22. The molecule has 0 saturated heterocycles. The van der Waals surface area contributed by atoms with E-state index in [-0.39, 0.29) is 0 Å². The molecule has 0 aromatic carbocycles. The zero-order chi connectivity index (χ0) is 9.45. The molecule has 0 unspecified atom stereocenters. The van der Waals surface area contributed by atoms with Gasteiger partial charge in [0.05, 0.1) is 12.9 Å². The van der Waals surface area contributed by atoms with E-state index in [1.54, 1.807) is 0 Å². The molecule has 5 heteroatoms. The summed E-state index contributed by atoms with van der Waals surface area (Å²) in [7, 11) is -3.22. The minimum Gasteiger partial charge on any atom is -0.270 e. The molecule has 0 aliphatic heterocycles. The first-order valence-corrected chi connectivity index (χ1v) is 6.95. The molecule has 0 amide bonds. The summed E-state index contributed by atoms with van der Waals surface area (Å²) in [6.45, 7) is 2.43. The van der Waals surface area contributed by atoms with Gasteiger partial charge in [-0.1, -0.05) is 6.92 Å². The Morgan fingerprint density at radius 2 is 2.00 bits per heavy atom. The van der Waals surface area contributed by atoms with Gasteiger partial charge in [-0.05, 0) is 24.3 Å². The largest absolute Gasteiger partial charge is 0.270 e. The maximum atomic E-state index is 10.5. The molecule has 12 heavy (non-hydrogen) atoms. The lowest BCUT2D eigenvalue weighted by atomic mass is 10.4. The van der Waals surface area contributed by atoms with Crippen molar-refractivity contribution in [1.82, 2.24) is 0 Å². The third-order valence-electron chi connectivity index (χ3n) is 1.18. The van der Waals surface area contributed by atoms with Crippen molar-refractivity contribution in [2.45, 2.75) is 19.8 Å². The summed E-state index contributed by atoms with van der Waals surface area (Å²) in [6.07, 6.45) is 2.92. The van der Waals surface area contributed by atoms with Gasteiger partial charge in [-0.3, -0.25) is 4.18 Å². The van der Waals surface area contributed by atoms with Gasteiger partial charge in [0.25, 0.3) is 10.1 Å². The lowest BCUT2D eigenvalue weighted by molar-refractivity contribution is 0.315. The van der Waals surface area contributed by atoms with Crippen molar-refractivity contribution < 1.29 is 12.6 Å². The highest BCUT2D eigenvalue weighted by molar-refractivity contribution is 7.99. The Balaban J connectivity index is 3.12. The Hall–Kier alpha value is 0.260. The van der Waals surface area contributed by atoms with Crippen LogP contribution >= 0.6 is 11.8 Å². The highest BCUT2D eigenvalue weighted by Crippen LogP contribution is 2.03. The third-order valence-corrected chi connectivity index (χ3v) is 2.76. The summed E-state index contributed by atoms with van der Waals surface area (Å²) in [6, 6.07) is 0. The number of unbranched alkanes of at least 4 members (excludes halogenated alkanes) is 1. The highest BCUT2D eigenvalue weighted by atomic mass is 32.2. The van der Waals surface area contributed by atoms with E-state index in [1.165, 1.54) is 0 Å². The first kappa shape index (κ1) is 12.3. The van der Waals surface area contributed by atoms with Gasteiger partial charge >= 0.3 is 0 Å². The predicted molar refractivity (Wildman–Crippen MR) is 53.0 cm³/mol. The van der Waals surface area contributed by atoms with Crippen molar-refractivity contribution in [2.24, 2.45) is 0 Å². The second kappa shape index (κ2) is 6.74. The Labute approximate surface area is 79.0 Å². The maximum absolute atomic E-state index is 10.5. The van der Waals surface area contributed by atoms with Crippen LogP contribution in [0.3, 0.4) is 0 Å². The molecule has 0 aromatic heterocycles. The van der Waals surface area contributed by atoms with Crippen LogP contribution in [0.1, 0.15) is 19.8 Å². The van der Waals surface area contributed by atoms with E-state index in [4.69, 9.17) is 0 Å². The van der Waals surface area contributed by atoms with Gasteiger partial charge in [0.15, 0.2) is 0 Å². The van der Waals surface area contributed by atoms with E-state index in [2.05, 4.69) is 11.1 Å². The molecule has 0 aliphatic carbocycles. The molecule has 0 bridgehead atoms. The SMILES string of the molecule is CCSCCCCOS(C)(=O)=O. The molecule has 0 heterocycles. The van der Waals surface area contributed by atoms with Crippen molar-refractivity contribution in [1.29, 1.82) is 0 Å². The van der Waals surface area contributed by atoms with Crippen LogP contribution in [0.5, 0.6) is 0 Å². The average Bonchev–Trinajstić information content (AvgIpc) is 1.94. The van der Waals surface area contributed by atoms with Gasteiger partial charge in [-0.15, -0.1) is 0 Å². The Bertz CT molecular complexity index is 187. The van der Waals surface area contributed by atoms with Crippen molar-refractivity contribution in [2.75, 3.05) is 24.4 Å². The van der Waals surface area contributed by atoms with Gasteiger partial charge in [0.1, 0.15) is 0 Å². The van der Waals surface area contributed by atoms with Crippen molar-refractivity contribution in [3.05, 3.63) is 0 Å². The zero-order valence-electron chi connectivity index (χ0n) is 7.58. The van der Waals surface area contributed by atoms with Crippen LogP contribution in [0.25, 0.3) is 0 Å². The first-order valence-electron chi connectivity index (χ1n) is 3.98. The summed E-state index contributed by atoms with van der Waals surface area (Å²) >= 11 is 1.86. The topological polar surface area (TPSA) is 43.4 Å². The molecule has 0 atom stereocenters. The van der Waals surface area contributed by atoms with Crippen LogP contribution in [0.2, 0.25) is 0 Å². The van der Waals surface area contributed by atoms with Crippen LogP contribution in [0.15, 0.2) is 0 Å². The Kier molecular flexibility index (Phi) is 6.89. The molecule has 0 rings (SSSR count). The Morgan fingerprint density at radius 3 is 2.50 bits per heavy atom. The summed E-state index contributed by atoms with van der Waals surface area (Å²) < 4.78 is 25.6. The summed E-state index contributed by atoms with van der Waals surface area (Å²) in [5.74, 6) is 2.20. The molecule has 0 radical (unpaired) electrons. The second-order valence-corrected chi connectivity index (χ2v) is 5.47. The van der Waals surface area contributed by atoms with Crippen molar-refractivity contribution in [3.63, 3.8) is 0 Å². The van der Waals surface area contributed by atoms with E-state index in [1.807, 2.05) is 11.8 Å². The van der Waals surface area contributed by atoms with Crippen LogP contribution in [0.4, 0.5) is 0 Å². The monoisotopic (exact) mass is 212 g/mol. The van der Waals surface area contributed by atoms with Gasteiger partial charge in [0, 0.05) is 0 Å². The smallest absolute Gasteiger partial charge is 0.264 e. The number of hydrogen-bond acceptors (Lipinski definition) is 4. The lowest BCUT2D eigenvalue weighted by Gasteiger charge is -2.00. The van der Waals surface area contributed by atoms with E-state index < -0.39 is 10.1 Å². The van der Waals surface area contributed by atoms with E-state index in [0.717, 1.165) is 30.6 Å². The molecule has 0 saturated carbocycles. The second-order valence-electron chi connectivity index (χ2n) is 2.43. The normalized spacial score (nSPS) is 11.8. The molecular formula is C7H16O3S2. The van der Waals surface area contributed by atoms with E-state index >= 15 is 0 Å². The fraction of sp³-hybridized carbons (Fsp3) is 1.00. The fourth-order valence-corrected chi connectivity index (χ4v) is 1.78. The summed E-state index contributed by atoms with van der Waals surface area (Å²) in [5, 5.41) is 0. The minimum absolute atomic E-state index is 0.323. The van der Waals surface area contributed by atoms with Crippen LogP contribution < -0.4 is 0 Å². The number of thioether (sulfide) groups is 1. The van der Waals surface area contributed by atoms with Gasteiger partial charge in [-0.25, -0.2) is 0 Å². The highest BCUT2D eigenvalue weighted by Gasteiger charge is 1.99. The van der Waals surface area contributed by atoms with Crippen LogP contribution in [0, 0.1) is 0 Å². The third kappa shape index (κ3) is 10.3. The molecular weight excluding hydrogens is 196 g/mol. The molecule has 0 spiro atoms. The van der Waals surface area contributed by atoms with Gasteiger partial charge < -0.3 is 0 Å². The molecule has 0 fully saturated rings. The molecule has 0 aromatic rings. The molecule has 0 aliphatic rings. The van der Waals surface area contributed by atoms with Gasteiger partial charge in [-0.2, -0.15) is 20.2 Å². The van der Waals surface area contributed by atoms with E-state index in [0.29, 0.717) is 6.61 Å². The molecule has 74 valence electrons. The van der Waals surface area contributed by atoms with Crippen LogP contribution in [-0.4, -0.2) is 32.8 Å². The van der Waals surface area contributed by atoms with Crippen molar-refractivity contribution in [3.8, 4) is 0 Å².